The number of rotatable bonds is 2. The lowest BCUT2D eigenvalue weighted by Crippen LogP contribution is -1.97. The van der Waals surface area contributed by atoms with Gasteiger partial charge in [-0.1, -0.05) is 60.7 Å². The van der Waals surface area contributed by atoms with Gasteiger partial charge in [-0.05, 0) is 23.3 Å². The maximum atomic E-state index is 10.7. The largest absolute Gasteiger partial charge is 0.454 e. The van der Waals surface area contributed by atoms with Crippen LogP contribution in [0.4, 0.5) is 0 Å². The predicted octanol–water partition coefficient (Wildman–Crippen LogP) is 4.02. The molecule has 0 spiro atoms. The van der Waals surface area contributed by atoms with Gasteiger partial charge in [-0.2, -0.15) is 8.42 Å². The summed E-state index contributed by atoms with van der Waals surface area (Å²) in [5, 5.41) is 0. The Labute approximate surface area is 146 Å². The first-order valence-electron chi connectivity index (χ1n) is 7.52. The van der Waals surface area contributed by atoms with Crippen molar-refractivity contribution in [3.8, 4) is 22.6 Å². The summed E-state index contributed by atoms with van der Waals surface area (Å²) in [7, 11) is -4.16. The van der Waals surface area contributed by atoms with Crippen molar-refractivity contribution in [2.45, 2.75) is 4.90 Å². The summed E-state index contributed by atoms with van der Waals surface area (Å²) in [4.78, 5) is -0.197. The molecule has 0 radical (unpaired) electrons. The zero-order chi connectivity index (χ0) is 17.7. The standard InChI is InChI=1S/C12H10.C7H6O5S/c1-3-7-11(8-4-1)12-9-5-2-6-10-12;8-13(9,10)5-1-2-6-7(3-5)12-4-11-6/h1-10H;1-3H,4H2,(H,8,9,10). The minimum absolute atomic E-state index is 0.0737. The highest BCUT2D eigenvalue weighted by Gasteiger charge is 2.17. The number of benzene rings is 3. The third-order valence-corrected chi connectivity index (χ3v) is 4.37. The van der Waals surface area contributed by atoms with Crippen LogP contribution in [0.15, 0.2) is 83.8 Å². The van der Waals surface area contributed by atoms with E-state index in [9.17, 15) is 8.42 Å². The number of hydrogen-bond donors (Lipinski definition) is 1. The maximum absolute atomic E-state index is 10.7. The second kappa shape index (κ2) is 7.38. The van der Waals surface area contributed by atoms with Gasteiger partial charge in [0.1, 0.15) is 0 Å². The molecule has 128 valence electrons. The van der Waals surface area contributed by atoms with Crippen molar-refractivity contribution in [2.75, 3.05) is 6.79 Å². The molecular formula is C19H16O5S. The molecule has 1 aliphatic rings. The third-order valence-electron chi connectivity index (χ3n) is 3.52. The first kappa shape index (κ1) is 17.0. The summed E-state index contributed by atoms with van der Waals surface area (Å²) in [6.07, 6.45) is 0. The van der Waals surface area contributed by atoms with E-state index >= 15 is 0 Å². The van der Waals surface area contributed by atoms with Crippen molar-refractivity contribution < 1.29 is 22.4 Å². The Balaban J connectivity index is 0.000000146. The van der Waals surface area contributed by atoms with Crippen LogP contribution in [0.2, 0.25) is 0 Å². The van der Waals surface area contributed by atoms with Gasteiger partial charge >= 0.3 is 0 Å². The van der Waals surface area contributed by atoms with Crippen molar-refractivity contribution in [2.24, 2.45) is 0 Å². The van der Waals surface area contributed by atoms with Gasteiger partial charge in [0.15, 0.2) is 11.5 Å². The third kappa shape index (κ3) is 4.37. The molecule has 3 aromatic rings. The molecule has 25 heavy (non-hydrogen) atoms. The Morgan fingerprint density at radius 3 is 1.76 bits per heavy atom. The second-order valence-corrected chi connectivity index (χ2v) is 6.64. The van der Waals surface area contributed by atoms with Crippen LogP contribution in [0.1, 0.15) is 0 Å². The van der Waals surface area contributed by atoms with E-state index in [1.54, 1.807) is 0 Å². The van der Waals surface area contributed by atoms with E-state index in [-0.39, 0.29) is 11.7 Å². The molecular weight excluding hydrogens is 340 g/mol. The molecule has 6 heteroatoms. The molecule has 0 unspecified atom stereocenters. The Bertz CT molecular complexity index is 901. The van der Waals surface area contributed by atoms with Crippen molar-refractivity contribution >= 4 is 10.1 Å². The second-order valence-electron chi connectivity index (χ2n) is 5.22. The fraction of sp³-hybridized carbons (Fsp3) is 0.0526. The highest BCUT2D eigenvalue weighted by Crippen LogP contribution is 2.33. The number of hydrogen-bond acceptors (Lipinski definition) is 4. The normalized spacial score (nSPS) is 12.2. The lowest BCUT2D eigenvalue weighted by atomic mass is 10.1. The van der Waals surface area contributed by atoms with E-state index < -0.39 is 10.1 Å². The first-order valence-corrected chi connectivity index (χ1v) is 8.96. The molecule has 3 aromatic carbocycles. The quantitative estimate of drug-likeness (QED) is 0.702. The van der Waals surface area contributed by atoms with Crippen LogP contribution in [0.3, 0.4) is 0 Å². The summed E-state index contributed by atoms with van der Waals surface area (Å²) in [5.74, 6) is 0.808. The Kier molecular flexibility index (Phi) is 5.02. The summed E-state index contributed by atoms with van der Waals surface area (Å²) >= 11 is 0. The van der Waals surface area contributed by atoms with Crippen molar-refractivity contribution in [3.05, 3.63) is 78.9 Å². The Hall–Kier alpha value is -2.83. The fourth-order valence-electron chi connectivity index (χ4n) is 2.30. The monoisotopic (exact) mass is 356 g/mol. The lowest BCUT2D eigenvalue weighted by Gasteiger charge is -1.98. The minimum Gasteiger partial charge on any atom is -0.454 e. The van der Waals surface area contributed by atoms with E-state index in [0.717, 1.165) is 0 Å². The van der Waals surface area contributed by atoms with E-state index in [4.69, 9.17) is 14.0 Å². The van der Waals surface area contributed by atoms with Crippen LogP contribution in [-0.2, 0) is 10.1 Å². The van der Waals surface area contributed by atoms with E-state index in [2.05, 4.69) is 48.5 Å². The molecule has 0 saturated heterocycles. The average molecular weight is 356 g/mol. The minimum atomic E-state index is -4.16. The van der Waals surface area contributed by atoms with Crippen molar-refractivity contribution in [1.29, 1.82) is 0 Å². The summed E-state index contributed by atoms with van der Waals surface area (Å²) in [6, 6.07) is 24.7. The van der Waals surface area contributed by atoms with E-state index in [1.165, 1.54) is 29.3 Å². The highest BCUT2D eigenvalue weighted by atomic mass is 32.2. The molecule has 0 amide bonds. The number of fused-ring (bicyclic) bond motifs is 1. The molecule has 0 fully saturated rings. The molecule has 0 bridgehead atoms. The molecule has 5 nitrogen and oxygen atoms in total. The van der Waals surface area contributed by atoms with Gasteiger partial charge in [0.05, 0.1) is 4.90 Å². The lowest BCUT2D eigenvalue weighted by molar-refractivity contribution is 0.174. The van der Waals surface area contributed by atoms with Gasteiger partial charge < -0.3 is 9.47 Å². The molecule has 0 saturated carbocycles. The Morgan fingerprint density at radius 1 is 0.720 bits per heavy atom. The predicted molar refractivity (Wildman–Crippen MR) is 94.3 cm³/mol. The van der Waals surface area contributed by atoms with Gasteiger partial charge in [-0.25, -0.2) is 0 Å². The van der Waals surface area contributed by atoms with Gasteiger partial charge in [0, 0.05) is 6.07 Å². The molecule has 0 atom stereocenters. The van der Waals surface area contributed by atoms with Gasteiger partial charge in [0.25, 0.3) is 10.1 Å². The summed E-state index contributed by atoms with van der Waals surface area (Å²) < 4.78 is 40.0. The van der Waals surface area contributed by atoms with Crippen LogP contribution in [0.25, 0.3) is 11.1 Å². The molecule has 0 aliphatic carbocycles. The van der Waals surface area contributed by atoms with Crippen LogP contribution in [-0.4, -0.2) is 19.8 Å². The zero-order valence-corrected chi connectivity index (χ0v) is 14.0. The summed E-state index contributed by atoms with van der Waals surface area (Å²) in [5.41, 5.74) is 2.55. The van der Waals surface area contributed by atoms with Gasteiger partial charge in [-0.15, -0.1) is 0 Å². The van der Waals surface area contributed by atoms with Crippen LogP contribution >= 0.6 is 0 Å². The molecule has 1 heterocycles. The van der Waals surface area contributed by atoms with Crippen molar-refractivity contribution in [3.63, 3.8) is 0 Å². The Morgan fingerprint density at radius 2 is 1.24 bits per heavy atom. The molecule has 0 aromatic heterocycles. The number of ether oxygens (including phenoxy) is 2. The van der Waals surface area contributed by atoms with Gasteiger partial charge in [0.2, 0.25) is 6.79 Å². The maximum Gasteiger partial charge on any atom is 0.294 e. The highest BCUT2D eigenvalue weighted by molar-refractivity contribution is 7.85. The molecule has 4 rings (SSSR count). The van der Waals surface area contributed by atoms with Crippen molar-refractivity contribution in [1.82, 2.24) is 0 Å². The van der Waals surface area contributed by atoms with Crippen LogP contribution in [0.5, 0.6) is 11.5 Å². The fourth-order valence-corrected chi connectivity index (χ4v) is 2.79. The van der Waals surface area contributed by atoms with Gasteiger partial charge in [-0.3, -0.25) is 4.55 Å². The average Bonchev–Trinajstić information content (AvgIpc) is 3.11. The van der Waals surface area contributed by atoms with E-state index in [1.807, 2.05) is 12.1 Å². The van der Waals surface area contributed by atoms with Crippen LogP contribution < -0.4 is 9.47 Å². The van der Waals surface area contributed by atoms with Crippen LogP contribution in [0, 0.1) is 0 Å². The first-order chi connectivity index (χ1) is 12.0. The summed E-state index contributed by atoms with van der Waals surface area (Å²) in [6.45, 7) is 0.0737. The molecule has 1 aliphatic heterocycles. The topological polar surface area (TPSA) is 72.8 Å². The SMILES string of the molecule is O=S(=O)(O)c1ccc2c(c1)OCO2.c1ccc(-c2ccccc2)cc1. The smallest absolute Gasteiger partial charge is 0.294 e. The van der Waals surface area contributed by atoms with E-state index in [0.29, 0.717) is 11.5 Å². The molecule has 1 N–H and O–H groups in total. The zero-order valence-electron chi connectivity index (χ0n) is 13.2.